The minimum atomic E-state index is -0.551. The van der Waals surface area contributed by atoms with Crippen molar-refractivity contribution in [1.82, 2.24) is 0 Å². The first-order valence-corrected chi connectivity index (χ1v) is 6.55. The molecule has 4 nitrogen and oxygen atoms in total. The number of hydrogen-bond donors (Lipinski definition) is 0. The second kappa shape index (κ2) is 6.34. The molecule has 0 amide bonds. The minimum absolute atomic E-state index is 0.123. The summed E-state index contributed by atoms with van der Waals surface area (Å²) >= 11 is 3.29. The van der Waals surface area contributed by atoms with Crippen LogP contribution >= 0.6 is 15.9 Å². The fourth-order valence-corrected chi connectivity index (χ4v) is 1.90. The summed E-state index contributed by atoms with van der Waals surface area (Å²) in [5.41, 5.74) is 0.644. The van der Waals surface area contributed by atoms with Crippen LogP contribution in [0.15, 0.2) is 46.9 Å². The summed E-state index contributed by atoms with van der Waals surface area (Å²) in [5, 5.41) is 0. The Morgan fingerprint density at radius 2 is 1.85 bits per heavy atom. The number of halogens is 1. The Hall–Kier alpha value is -2.14. The standard InChI is InChI=1S/C15H11BrO4/c1-19-13-4-2-3-11(9-17)14(13)20-15(18)10-5-7-12(16)8-6-10/h2-9H,1H3. The maximum absolute atomic E-state index is 12.1. The van der Waals surface area contributed by atoms with Gasteiger partial charge in [-0.3, -0.25) is 4.79 Å². The molecule has 0 bridgehead atoms. The van der Waals surface area contributed by atoms with E-state index < -0.39 is 5.97 Å². The number of methoxy groups -OCH3 is 1. The maximum atomic E-state index is 12.1. The number of carbonyl (C=O) groups is 2. The van der Waals surface area contributed by atoms with Crippen molar-refractivity contribution in [3.8, 4) is 11.5 Å². The molecule has 0 aromatic heterocycles. The summed E-state index contributed by atoms with van der Waals surface area (Å²) < 4.78 is 11.2. The summed E-state index contributed by atoms with van der Waals surface area (Å²) in [6.07, 6.45) is 0.618. The molecule has 0 N–H and O–H groups in total. The highest BCUT2D eigenvalue weighted by Gasteiger charge is 2.15. The predicted octanol–water partition coefficient (Wildman–Crippen LogP) is 3.49. The number of ether oxygens (including phenoxy) is 2. The SMILES string of the molecule is COc1cccc(C=O)c1OC(=O)c1ccc(Br)cc1. The van der Waals surface area contributed by atoms with Crippen molar-refractivity contribution in [1.29, 1.82) is 0 Å². The average molecular weight is 335 g/mol. The molecule has 2 rings (SSSR count). The van der Waals surface area contributed by atoms with Crippen molar-refractivity contribution >= 4 is 28.2 Å². The van der Waals surface area contributed by atoms with Crippen molar-refractivity contribution < 1.29 is 19.1 Å². The number of carbonyl (C=O) groups excluding carboxylic acids is 2. The molecule has 0 aliphatic heterocycles. The molecular formula is C15H11BrO4. The molecule has 102 valence electrons. The smallest absolute Gasteiger partial charge is 0.343 e. The van der Waals surface area contributed by atoms with Crippen LogP contribution in [0, 0.1) is 0 Å². The molecule has 0 fully saturated rings. The normalized spacial score (nSPS) is 9.90. The third kappa shape index (κ3) is 3.05. The average Bonchev–Trinajstić information content (AvgIpc) is 2.48. The Balaban J connectivity index is 2.31. The van der Waals surface area contributed by atoms with Crippen LogP contribution in [0.3, 0.4) is 0 Å². The van der Waals surface area contributed by atoms with E-state index in [-0.39, 0.29) is 11.3 Å². The number of esters is 1. The van der Waals surface area contributed by atoms with E-state index in [2.05, 4.69) is 15.9 Å². The molecule has 0 atom stereocenters. The second-order valence-electron chi connectivity index (χ2n) is 3.89. The number of aldehydes is 1. The van der Waals surface area contributed by atoms with Gasteiger partial charge < -0.3 is 9.47 Å². The Bertz CT molecular complexity index is 635. The summed E-state index contributed by atoms with van der Waals surface area (Å²) in [7, 11) is 1.45. The van der Waals surface area contributed by atoms with Crippen molar-refractivity contribution in [2.24, 2.45) is 0 Å². The zero-order chi connectivity index (χ0) is 14.5. The molecule has 0 aliphatic rings. The molecule has 2 aromatic rings. The van der Waals surface area contributed by atoms with E-state index in [1.54, 1.807) is 42.5 Å². The van der Waals surface area contributed by atoms with Crippen LogP contribution in [0.5, 0.6) is 11.5 Å². The van der Waals surface area contributed by atoms with Crippen molar-refractivity contribution in [3.63, 3.8) is 0 Å². The van der Waals surface area contributed by atoms with Gasteiger partial charge in [0.1, 0.15) is 0 Å². The van der Waals surface area contributed by atoms with Gasteiger partial charge in [-0.15, -0.1) is 0 Å². The summed E-state index contributed by atoms with van der Waals surface area (Å²) in [6.45, 7) is 0. The third-order valence-electron chi connectivity index (χ3n) is 2.63. The second-order valence-corrected chi connectivity index (χ2v) is 4.81. The molecule has 20 heavy (non-hydrogen) atoms. The molecule has 5 heteroatoms. The molecule has 0 spiro atoms. The van der Waals surface area contributed by atoms with E-state index >= 15 is 0 Å². The topological polar surface area (TPSA) is 52.6 Å². The van der Waals surface area contributed by atoms with E-state index in [1.165, 1.54) is 7.11 Å². The van der Waals surface area contributed by atoms with E-state index in [4.69, 9.17) is 9.47 Å². The van der Waals surface area contributed by atoms with Crippen molar-refractivity contribution in [2.75, 3.05) is 7.11 Å². The van der Waals surface area contributed by atoms with Crippen molar-refractivity contribution in [3.05, 3.63) is 58.1 Å². The lowest BCUT2D eigenvalue weighted by Gasteiger charge is -2.11. The van der Waals surface area contributed by atoms with Gasteiger partial charge >= 0.3 is 5.97 Å². The fraction of sp³-hybridized carbons (Fsp3) is 0.0667. The fourth-order valence-electron chi connectivity index (χ4n) is 1.63. The minimum Gasteiger partial charge on any atom is -0.493 e. The van der Waals surface area contributed by atoms with Crippen LogP contribution in [-0.4, -0.2) is 19.4 Å². The van der Waals surface area contributed by atoms with Gasteiger partial charge in [-0.25, -0.2) is 4.79 Å². The van der Waals surface area contributed by atoms with Gasteiger partial charge in [0.2, 0.25) is 0 Å². The van der Waals surface area contributed by atoms with Gasteiger partial charge in [-0.2, -0.15) is 0 Å². The van der Waals surface area contributed by atoms with Gasteiger partial charge in [0.05, 0.1) is 18.2 Å². The van der Waals surface area contributed by atoms with Crippen LogP contribution in [-0.2, 0) is 0 Å². The maximum Gasteiger partial charge on any atom is 0.343 e. The van der Waals surface area contributed by atoms with Gasteiger partial charge in [0.25, 0.3) is 0 Å². The first-order valence-electron chi connectivity index (χ1n) is 5.75. The van der Waals surface area contributed by atoms with E-state index in [9.17, 15) is 9.59 Å². The predicted molar refractivity (Wildman–Crippen MR) is 77.5 cm³/mol. The number of benzene rings is 2. The van der Waals surface area contributed by atoms with Gasteiger partial charge in [0, 0.05) is 4.47 Å². The largest absolute Gasteiger partial charge is 0.493 e. The summed E-state index contributed by atoms with van der Waals surface area (Å²) in [6, 6.07) is 11.6. The highest BCUT2D eigenvalue weighted by Crippen LogP contribution is 2.30. The Labute approximate surface area is 124 Å². The first kappa shape index (κ1) is 14.3. The van der Waals surface area contributed by atoms with Crippen molar-refractivity contribution in [2.45, 2.75) is 0 Å². The van der Waals surface area contributed by atoms with Crippen LogP contribution in [0.25, 0.3) is 0 Å². The molecule has 2 aromatic carbocycles. The Morgan fingerprint density at radius 3 is 2.45 bits per heavy atom. The summed E-state index contributed by atoms with van der Waals surface area (Å²) in [5.74, 6) is -0.0944. The molecule has 0 heterocycles. The zero-order valence-corrected chi connectivity index (χ0v) is 12.2. The quantitative estimate of drug-likeness (QED) is 0.488. The lowest BCUT2D eigenvalue weighted by Crippen LogP contribution is -2.10. The monoisotopic (exact) mass is 334 g/mol. The molecule has 0 saturated carbocycles. The Kier molecular flexibility index (Phi) is 4.53. The van der Waals surface area contributed by atoms with E-state index in [0.717, 1.165) is 4.47 Å². The lowest BCUT2D eigenvalue weighted by molar-refractivity contribution is 0.0728. The van der Waals surface area contributed by atoms with Gasteiger partial charge in [-0.05, 0) is 36.4 Å². The molecule has 0 saturated heterocycles. The summed E-state index contributed by atoms with van der Waals surface area (Å²) in [4.78, 5) is 23.1. The zero-order valence-electron chi connectivity index (χ0n) is 10.6. The van der Waals surface area contributed by atoms with Gasteiger partial charge in [0.15, 0.2) is 17.8 Å². The van der Waals surface area contributed by atoms with Crippen LogP contribution in [0.2, 0.25) is 0 Å². The molecule has 0 radical (unpaired) electrons. The highest BCUT2D eigenvalue weighted by molar-refractivity contribution is 9.10. The number of hydrogen-bond acceptors (Lipinski definition) is 4. The highest BCUT2D eigenvalue weighted by atomic mass is 79.9. The first-order chi connectivity index (χ1) is 9.65. The van der Waals surface area contributed by atoms with E-state index in [1.807, 2.05) is 0 Å². The van der Waals surface area contributed by atoms with Crippen LogP contribution in [0.4, 0.5) is 0 Å². The van der Waals surface area contributed by atoms with Crippen LogP contribution < -0.4 is 9.47 Å². The van der Waals surface area contributed by atoms with E-state index in [0.29, 0.717) is 17.6 Å². The molecular weight excluding hydrogens is 324 g/mol. The van der Waals surface area contributed by atoms with Crippen LogP contribution in [0.1, 0.15) is 20.7 Å². The third-order valence-corrected chi connectivity index (χ3v) is 3.16. The Morgan fingerprint density at radius 1 is 1.15 bits per heavy atom. The molecule has 0 unspecified atom stereocenters. The number of rotatable bonds is 4. The number of para-hydroxylation sites is 1. The lowest BCUT2D eigenvalue weighted by atomic mass is 10.2. The van der Waals surface area contributed by atoms with Gasteiger partial charge in [-0.1, -0.05) is 22.0 Å². The molecule has 0 aliphatic carbocycles.